The third kappa shape index (κ3) is 1.87. The van der Waals surface area contributed by atoms with Gasteiger partial charge in [-0.25, -0.2) is 9.97 Å². The monoisotopic (exact) mass is 257 g/mol. The number of nitrogens with one attached hydrogen (secondary N) is 1. The van der Waals surface area contributed by atoms with Crippen LogP contribution in [0.25, 0.3) is 22.4 Å². The van der Waals surface area contributed by atoms with Crippen LogP contribution < -0.4 is 0 Å². The molecule has 2 aromatic heterocycles. The Morgan fingerprint density at radius 3 is 2.67 bits per heavy atom. The number of rotatable bonds is 2. The topological polar surface area (TPSA) is 41.6 Å². The van der Waals surface area contributed by atoms with E-state index in [2.05, 4.69) is 21.9 Å². The average Bonchev–Trinajstić information content (AvgIpc) is 2.78. The second kappa shape index (κ2) is 4.42. The molecule has 3 rings (SSSR count). The molecule has 2 heterocycles. The Morgan fingerprint density at radius 2 is 1.94 bits per heavy atom. The van der Waals surface area contributed by atoms with Crippen LogP contribution in [-0.2, 0) is 6.42 Å². The van der Waals surface area contributed by atoms with Crippen molar-refractivity contribution in [2.45, 2.75) is 13.3 Å². The normalized spacial score (nSPS) is 11.0. The van der Waals surface area contributed by atoms with Gasteiger partial charge in [0.1, 0.15) is 10.8 Å². The summed E-state index contributed by atoms with van der Waals surface area (Å²) in [7, 11) is 0. The van der Waals surface area contributed by atoms with Crippen molar-refractivity contribution in [1.29, 1.82) is 0 Å². The van der Waals surface area contributed by atoms with Crippen LogP contribution in [0.4, 0.5) is 0 Å². The minimum absolute atomic E-state index is 0.596. The molecule has 0 fully saturated rings. The van der Waals surface area contributed by atoms with Crippen molar-refractivity contribution >= 4 is 22.6 Å². The molecule has 1 N–H and O–H groups in total. The molecule has 0 amide bonds. The average molecular weight is 258 g/mol. The smallest absolute Gasteiger partial charge is 0.161 e. The van der Waals surface area contributed by atoms with E-state index in [0.717, 1.165) is 34.5 Å². The fourth-order valence-corrected chi connectivity index (χ4v) is 2.22. The lowest BCUT2D eigenvalue weighted by Gasteiger charge is -2.04. The van der Waals surface area contributed by atoms with Crippen LogP contribution in [0.15, 0.2) is 36.4 Å². The molecule has 1 aromatic carbocycles. The predicted octanol–water partition coefficient (Wildman–Crippen LogP) is 3.84. The van der Waals surface area contributed by atoms with E-state index in [9.17, 15) is 0 Å². The zero-order valence-electron chi connectivity index (χ0n) is 9.94. The van der Waals surface area contributed by atoms with Crippen LogP contribution in [0.1, 0.15) is 12.6 Å². The Labute approximate surface area is 110 Å². The summed E-state index contributed by atoms with van der Waals surface area (Å²) in [5, 5.41) is 1.60. The van der Waals surface area contributed by atoms with E-state index >= 15 is 0 Å². The van der Waals surface area contributed by atoms with Crippen LogP contribution >= 0.6 is 11.6 Å². The molecule has 0 aliphatic carbocycles. The summed E-state index contributed by atoms with van der Waals surface area (Å²) in [6, 6.07) is 11.8. The minimum Gasteiger partial charge on any atom is -0.330 e. The second-order valence-corrected chi connectivity index (χ2v) is 4.50. The number of aromatic nitrogens is 3. The van der Waals surface area contributed by atoms with Crippen molar-refractivity contribution < 1.29 is 0 Å². The molecule has 3 aromatic rings. The standard InChI is InChI=1S/C14H12ClN3/c1-2-11-10-8-12(15)17-14(10)18-13(16-11)9-6-4-3-5-7-9/h3-8H,2H2,1H3,(H,16,17,18). The molecule has 0 spiro atoms. The largest absolute Gasteiger partial charge is 0.330 e. The predicted molar refractivity (Wildman–Crippen MR) is 73.7 cm³/mol. The molecule has 90 valence electrons. The summed E-state index contributed by atoms with van der Waals surface area (Å²) in [6.45, 7) is 2.08. The Balaban J connectivity index is 2.25. The fourth-order valence-electron chi connectivity index (χ4n) is 2.02. The highest BCUT2D eigenvalue weighted by atomic mass is 35.5. The molecule has 3 nitrogen and oxygen atoms in total. The Morgan fingerprint density at radius 1 is 1.17 bits per heavy atom. The molecule has 0 bridgehead atoms. The van der Waals surface area contributed by atoms with Crippen molar-refractivity contribution in [3.05, 3.63) is 47.2 Å². The lowest BCUT2D eigenvalue weighted by atomic mass is 10.2. The van der Waals surface area contributed by atoms with Gasteiger partial charge in [-0.05, 0) is 12.5 Å². The first-order chi connectivity index (χ1) is 8.78. The maximum atomic E-state index is 5.99. The quantitative estimate of drug-likeness (QED) is 0.758. The molecule has 0 saturated heterocycles. The first-order valence-corrected chi connectivity index (χ1v) is 6.26. The molecule has 0 aliphatic rings. The molecule has 0 atom stereocenters. The molecule has 0 unspecified atom stereocenters. The molecule has 4 heteroatoms. The minimum atomic E-state index is 0.596. The van der Waals surface area contributed by atoms with Crippen LogP contribution in [0.5, 0.6) is 0 Å². The zero-order chi connectivity index (χ0) is 12.5. The Bertz CT molecular complexity index is 689. The number of H-pyrrole nitrogens is 1. The van der Waals surface area contributed by atoms with Gasteiger partial charge in [-0.1, -0.05) is 48.9 Å². The number of fused-ring (bicyclic) bond motifs is 1. The number of benzene rings is 1. The van der Waals surface area contributed by atoms with Crippen molar-refractivity contribution in [2.75, 3.05) is 0 Å². The van der Waals surface area contributed by atoms with Gasteiger partial charge in [0.15, 0.2) is 5.82 Å². The molecule has 18 heavy (non-hydrogen) atoms. The molecular formula is C14H12ClN3. The van der Waals surface area contributed by atoms with E-state index in [4.69, 9.17) is 11.6 Å². The molecular weight excluding hydrogens is 246 g/mol. The van der Waals surface area contributed by atoms with Crippen LogP contribution in [-0.4, -0.2) is 15.0 Å². The van der Waals surface area contributed by atoms with Gasteiger partial charge in [0.25, 0.3) is 0 Å². The Kier molecular flexibility index (Phi) is 2.76. The summed E-state index contributed by atoms with van der Waals surface area (Å²) < 4.78 is 0. The van der Waals surface area contributed by atoms with E-state index in [-0.39, 0.29) is 0 Å². The Hall–Kier alpha value is -1.87. The second-order valence-electron chi connectivity index (χ2n) is 4.09. The highest BCUT2D eigenvalue weighted by Crippen LogP contribution is 2.24. The van der Waals surface area contributed by atoms with Crippen LogP contribution in [0.2, 0.25) is 5.15 Å². The van der Waals surface area contributed by atoms with E-state index < -0.39 is 0 Å². The number of hydrogen-bond donors (Lipinski definition) is 1. The van der Waals surface area contributed by atoms with Gasteiger partial charge < -0.3 is 4.98 Å². The number of nitrogens with zero attached hydrogens (tertiary/aromatic N) is 2. The first-order valence-electron chi connectivity index (χ1n) is 5.88. The van der Waals surface area contributed by atoms with E-state index in [1.807, 2.05) is 36.4 Å². The summed E-state index contributed by atoms with van der Waals surface area (Å²) >= 11 is 5.99. The zero-order valence-corrected chi connectivity index (χ0v) is 10.7. The number of halogens is 1. The number of hydrogen-bond acceptors (Lipinski definition) is 2. The summed E-state index contributed by atoms with van der Waals surface area (Å²) in [5.41, 5.74) is 2.83. The molecule has 0 saturated carbocycles. The van der Waals surface area contributed by atoms with Gasteiger partial charge in [-0.15, -0.1) is 0 Å². The van der Waals surface area contributed by atoms with Gasteiger partial charge >= 0.3 is 0 Å². The maximum Gasteiger partial charge on any atom is 0.161 e. The van der Waals surface area contributed by atoms with Gasteiger partial charge in [0.05, 0.1) is 5.69 Å². The maximum absolute atomic E-state index is 5.99. The van der Waals surface area contributed by atoms with Crippen LogP contribution in [0, 0.1) is 0 Å². The van der Waals surface area contributed by atoms with Gasteiger partial charge in [0.2, 0.25) is 0 Å². The summed E-state index contributed by atoms with van der Waals surface area (Å²) in [4.78, 5) is 12.2. The summed E-state index contributed by atoms with van der Waals surface area (Å²) in [6.07, 6.45) is 0.854. The number of aromatic amines is 1. The van der Waals surface area contributed by atoms with Crippen molar-refractivity contribution in [2.24, 2.45) is 0 Å². The van der Waals surface area contributed by atoms with Crippen molar-refractivity contribution in [3.63, 3.8) is 0 Å². The summed E-state index contributed by atoms with van der Waals surface area (Å²) in [5.74, 6) is 0.735. The highest BCUT2D eigenvalue weighted by molar-refractivity contribution is 6.30. The lowest BCUT2D eigenvalue weighted by molar-refractivity contribution is 1.03. The van der Waals surface area contributed by atoms with E-state index in [1.54, 1.807) is 0 Å². The van der Waals surface area contributed by atoms with E-state index in [0.29, 0.717) is 5.15 Å². The van der Waals surface area contributed by atoms with Crippen molar-refractivity contribution in [3.8, 4) is 11.4 Å². The highest BCUT2D eigenvalue weighted by Gasteiger charge is 2.10. The fraction of sp³-hybridized carbons (Fsp3) is 0.143. The van der Waals surface area contributed by atoms with Gasteiger partial charge in [0, 0.05) is 10.9 Å². The van der Waals surface area contributed by atoms with Crippen molar-refractivity contribution in [1.82, 2.24) is 15.0 Å². The SMILES string of the molecule is CCc1nc(-c2ccccc2)nc2[nH]c(Cl)cc12. The first kappa shape index (κ1) is 11.2. The molecule has 0 aliphatic heterocycles. The van der Waals surface area contributed by atoms with Gasteiger partial charge in [-0.3, -0.25) is 0 Å². The molecule has 0 radical (unpaired) electrons. The lowest BCUT2D eigenvalue weighted by Crippen LogP contribution is -1.95. The van der Waals surface area contributed by atoms with Gasteiger partial charge in [-0.2, -0.15) is 0 Å². The number of aryl methyl sites for hydroxylation is 1. The van der Waals surface area contributed by atoms with E-state index in [1.165, 1.54) is 0 Å². The third-order valence-corrected chi connectivity index (χ3v) is 3.10. The van der Waals surface area contributed by atoms with Crippen LogP contribution in [0.3, 0.4) is 0 Å². The third-order valence-electron chi connectivity index (χ3n) is 2.90.